The van der Waals surface area contributed by atoms with Gasteiger partial charge in [0.25, 0.3) is 0 Å². The molecular formula is C12H15N5S. The summed E-state index contributed by atoms with van der Waals surface area (Å²) >= 11 is 4.26. The van der Waals surface area contributed by atoms with Gasteiger partial charge in [0.1, 0.15) is 0 Å². The van der Waals surface area contributed by atoms with E-state index in [0.29, 0.717) is 5.16 Å². The minimum absolute atomic E-state index is 0.507. The van der Waals surface area contributed by atoms with E-state index in [4.69, 9.17) is 0 Å². The van der Waals surface area contributed by atoms with Gasteiger partial charge in [0.15, 0.2) is 0 Å². The highest BCUT2D eigenvalue weighted by Gasteiger charge is 2.18. The first-order valence-corrected chi connectivity index (χ1v) is 6.46. The minimum atomic E-state index is 0.507. The highest BCUT2D eigenvalue weighted by molar-refractivity contribution is 7.80. The van der Waals surface area contributed by atoms with Crippen molar-refractivity contribution in [3.05, 3.63) is 30.3 Å². The molecule has 1 saturated heterocycles. The van der Waals surface area contributed by atoms with Crippen molar-refractivity contribution in [2.75, 3.05) is 31.1 Å². The lowest BCUT2D eigenvalue weighted by atomic mass is 10.3. The first kappa shape index (κ1) is 11.6. The van der Waals surface area contributed by atoms with Crippen LogP contribution in [-0.4, -0.2) is 40.9 Å². The SMILES string of the molecule is Sc1nc(N2CCNCC2)n(-c2ccccc2)n1. The van der Waals surface area contributed by atoms with Gasteiger partial charge in [-0.3, -0.25) is 0 Å². The van der Waals surface area contributed by atoms with Gasteiger partial charge in [0, 0.05) is 26.2 Å². The van der Waals surface area contributed by atoms with Crippen LogP contribution in [0, 0.1) is 0 Å². The molecule has 1 N–H and O–H groups in total. The van der Waals surface area contributed by atoms with Crippen LogP contribution >= 0.6 is 12.6 Å². The highest BCUT2D eigenvalue weighted by Crippen LogP contribution is 2.19. The molecule has 0 aliphatic carbocycles. The van der Waals surface area contributed by atoms with Crippen molar-refractivity contribution in [1.29, 1.82) is 0 Å². The van der Waals surface area contributed by atoms with Crippen LogP contribution in [0.4, 0.5) is 5.95 Å². The number of thiol groups is 1. The molecule has 1 fully saturated rings. The number of piperazine rings is 1. The fourth-order valence-corrected chi connectivity index (χ4v) is 2.28. The number of rotatable bonds is 2. The van der Waals surface area contributed by atoms with Gasteiger partial charge in [-0.25, -0.2) is 0 Å². The van der Waals surface area contributed by atoms with Crippen molar-refractivity contribution in [2.45, 2.75) is 5.16 Å². The van der Waals surface area contributed by atoms with Gasteiger partial charge < -0.3 is 10.2 Å². The second-order valence-corrected chi connectivity index (χ2v) is 4.60. The number of hydrogen-bond acceptors (Lipinski definition) is 5. The summed E-state index contributed by atoms with van der Waals surface area (Å²) in [5.74, 6) is 0.868. The van der Waals surface area contributed by atoms with Crippen molar-refractivity contribution >= 4 is 18.6 Å². The van der Waals surface area contributed by atoms with E-state index in [2.05, 4.69) is 32.9 Å². The molecule has 0 radical (unpaired) electrons. The summed E-state index contributed by atoms with van der Waals surface area (Å²) in [5, 5.41) is 8.20. The number of benzene rings is 1. The quantitative estimate of drug-likeness (QED) is 0.791. The zero-order valence-electron chi connectivity index (χ0n) is 9.95. The monoisotopic (exact) mass is 261 g/mol. The van der Waals surface area contributed by atoms with Crippen LogP contribution in [0.3, 0.4) is 0 Å². The lowest BCUT2D eigenvalue weighted by Crippen LogP contribution is -2.44. The Labute approximate surface area is 111 Å². The van der Waals surface area contributed by atoms with Crippen LogP contribution < -0.4 is 10.2 Å². The molecule has 0 bridgehead atoms. The van der Waals surface area contributed by atoms with Crippen LogP contribution in [0.1, 0.15) is 0 Å². The zero-order valence-corrected chi connectivity index (χ0v) is 10.8. The molecule has 3 rings (SSSR count). The molecular weight excluding hydrogens is 246 g/mol. The summed E-state index contributed by atoms with van der Waals surface area (Å²) < 4.78 is 1.85. The number of para-hydroxylation sites is 1. The third-order valence-corrected chi connectivity index (χ3v) is 3.17. The van der Waals surface area contributed by atoms with E-state index >= 15 is 0 Å². The molecule has 0 atom stereocenters. The zero-order chi connectivity index (χ0) is 12.4. The number of anilines is 1. The number of hydrogen-bond donors (Lipinski definition) is 2. The van der Waals surface area contributed by atoms with Gasteiger partial charge in [-0.2, -0.15) is 9.67 Å². The first-order valence-electron chi connectivity index (χ1n) is 6.02. The Morgan fingerprint density at radius 1 is 1.11 bits per heavy atom. The molecule has 5 nitrogen and oxygen atoms in total. The average Bonchev–Trinajstić information content (AvgIpc) is 2.83. The van der Waals surface area contributed by atoms with Gasteiger partial charge in [-0.1, -0.05) is 18.2 Å². The lowest BCUT2D eigenvalue weighted by Gasteiger charge is -2.28. The van der Waals surface area contributed by atoms with Crippen molar-refractivity contribution in [1.82, 2.24) is 20.1 Å². The van der Waals surface area contributed by atoms with Gasteiger partial charge in [-0.05, 0) is 12.1 Å². The third kappa shape index (κ3) is 2.21. The maximum absolute atomic E-state index is 4.42. The Bertz CT molecular complexity index is 519. The second kappa shape index (κ2) is 4.99. The largest absolute Gasteiger partial charge is 0.338 e. The maximum Gasteiger partial charge on any atom is 0.229 e. The highest BCUT2D eigenvalue weighted by atomic mass is 32.1. The van der Waals surface area contributed by atoms with Crippen LogP contribution in [0.25, 0.3) is 5.69 Å². The standard InChI is InChI=1S/C12H15N5S/c18-11-14-12(16-8-6-13-7-9-16)17(15-11)10-4-2-1-3-5-10/h1-5,13H,6-9H2,(H,15,18). The van der Waals surface area contributed by atoms with Gasteiger partial charge in [0.2, 0.25) is 11.1 Å². The maximum atomic E-state index is 4.42. The summed E-state index contributed by atoms with van der Waals surface area (Å²) in [6.07, 6.45) is 0. The molecule has 0 saturated carbocycles. The lowest BCUT2D eigenvalue weighted by molar-refractivity contribution is 0.575. The van der Waals surface area contributed by atoms with Crippen LogP contribution in [-0.2, 0) is 0 Å². The van der Waals surface area contributed by atoms with Gasteiger partial charge in [-0.15, -0.1) is 17.7 Å². The van der Waals surface area contributed by atoms with Crippen molar-refractivity contribution in [3.63, 3.8) is 0 Å². The molecule has 1 aromatic carbocycles. The third-order valence-electron chi connectivity index (χ3n) is 2.98. The van der Waals surface area contributed by atoms with Gasteiger partial charge in [0.05, 0.1) is 5.69 Å². The number of aromatic nitrogens is 3. The Balaban J connectivity index is 1.99. The predicted octanol–water partition coefficient (Wildman–Crippen LogP) is 0.966. The van der Waals surface area contributed by atoms with E-state index in [0.717, 1.165) is 37.8 Å². The smallest absolute Gasteiger partial charge is 0.229 e. The van der Waals surface area contributed by atoms with E-state index in [1.165, 1.54) is 0 Å². The molecule has 0 spiro atoms. The fraction of sp³-hybridized carbons (Fsp3) is 0.333. The number of nitrogens with one attached hydrogen (secondary N) is 1. The van der Waals surface area contributed by atoms with E-state index in [1.54, 1.807) is 0 Å². The van der Waals surface area contributed by atoms with E-state index < -0.39 is 0 Å². The molecule has 2 heterocycles. The van der Waals surface area contributed by atoms with E-state index in [1.807, 2.05) is 35.0 Å². The minimum Gasteiger partial charge on any atom is -0.338 e. The number of nitrogens with zero attached hydrogens (tertiary/aromatic N) is 4. The summed E-state index contributed by atoms with van der Waals surface area (Å²) in [6.45, 7) is 3.84. The topological polar surface area (TPSA) is 46.0 Å². The normalized spacial score (nSPS) is 15.9. The molecule has 0 amide bonds. The van der Waals surface area contributed by atoms with E-state index in [-0.39, 0.29) is 0 Å². The molecule has 1 aromatic heterocycles. The molecule has 94 valence electrons. The van der Waals surface area contributed by atoms with Crippen LogP contribution in [0.15, 0.2) is 35.5 Å². The second-order valence-electron chi connectivity index (χ2n) is 4.20. The molecule has 0 unspecified atom stereocenters. The van der Waals surface area contributed by atoms with Gasteiger partial charge >= 0.3 is 0 Å². The summed E-state index contributed by atoms with van der Waals surface area (Å²) in [7, 11) is 0. The molecule has 2 aromatic rings. The summed E-state index contributed by atoms with van der Waals surface area (Å²) in [6, 6.07) is 10.0. The molecule has 1 aliphatic heterocycles. The fourth-order valence-electron chi connectivity index (χ4n) is 2.11. The summed E-state index contributed by atoms with van der Waals surface area (Å²) in [5.41, 5.74) is 1.01. The Morgan fingerprint density at radius 2 is 1.83 bits per heavy atom. The van der Waals surface area contributed by atoms with Crippen molar-refractivity contribution in [3.8, 4) is 5.69 Å². The van der Waals surface area contributed by atoms with E-state index in [9.17, 15) is 0 Å². The van der Waals surface area contributed by atoms with Crippen LogP contribution in [0.2, 0.25) is 0 Å². The molecule has 1 aliphatic rings. The average molecular weight is 261 g/mol. The molecule has 18 heavy (non-hydrogen) atoms. The van der Waals surface area contributed by atoms with Crippen LogP contribution in [0.5, 0.6) is 0 Å². The summed E-state index contributed by atoms with van der Waals surface area (Å²) in [4.78, 5) is 6.66. The Hall–Kier alpha value is -1.53. The Morgan fingerprint density at radius 3 is 2.56 bits per heavy atom. The molecule has 6 heteroatoms. The first-order chi connectivity index (χ1) is 8.84. The Kier molecular flexibility index (Phi) is 3.21. The van der Waals surface area contributed by atoms with Crippen molar-refractivity contribution < 1.29 is 0 Å². The predicted molar refractivity (Wildman–Crippen MR) is 73.7 cm³/mol. The van der Waals surface area contributed by atoms with Crippen molar-refractivity contribution in [2.24, 2.45) is 0 Å².